The van der Waals surface area contributed by atoms with Crippen molar-refractivity contribution >= 4 is 5.78 Å². The average molecular weight is 309 g/mol. The predicted molar refractivity (Wildman–Crippen MR) is 83.2 cm³/mol. The Labute approximate surface area is 132 Å². The lowest BCUT2D eigenvalue weighted by atomic mass is 9.75. The molecule has 0 amide bonds. The molecule has 2 aromatic rings. The molecule has 5 nitrogen and oxygen atoms in total. The first-order chi connectivity index (χ1) is 11.2. The summed E-state index contributed by atoms with van der Waals surface area (Å²) in [7, 11) is 0. The molecule has 0 saturated carbocycles. The van der Waals surface area contributed by atoms with Crippen LogP contribution in [0, 0.1) is 6.92 Å². The third-order valence-electron chi connectivity index (χ3n) is 5.03. The number of rotatable bonds is 0. The molecule has 2 aliphatic heterocycles. The first kappa shape index (κ1) is 13.0. The summed E-state index contributed by atoms with van der Waals surface area (Å²) >= 11 is 0. The molecule has 0 saturated heterocycles. The number of carbonyl (C=O) groups excluding carboxylic acids is 1. The van der Waals surface area contributed by atoms with Gasteiger partial charge in [0.2, 0.25) is 6.79 Å². The number of aromatic hydroxyl groups is 1. The van der Waals surface area contributed by atoms with E-state index in [1.807, 2.05) is 13.0 Å². The molecule has 0 fully saturated rings. The Hall–Kier alpha value is -2.53. The summed E-state index contributed by atoms with van der Waals surface area (Å²) in [5.41, 5.74) is 5.10. The molecule has 1 aliphatic carbocycles. The monoisotopic (exact) mass is 309 g/mol. The largest absolute Gasteiger partial charge is 0.508 e. The van der Waals surface area contributed by atoms with Crippen molar-refractivity contribution in [3.8, 4) is 28.4 Å². The third-order valence-corrected chi connectivity index (χ3v) is 5.03. The van der Waals surface area contributed by atoms with Gasteiger partial charge in [-0.2, -0.15) is 0 Å². The van der Waals surface area contributed by atoms with Crippen LogP contribution in [0.25, 0.3) is 11.1 Å². The Bertz CT molecular complexity index is 887. The van der Waals surface area contributed by atoms with Crippen molar-refractivity contribution in [1.82, 2.24) is 5.32 Å². The van der Waals surface area contributed by atoms with Gasteiger partial charge in [0.25, 0.3) is 0 Å². The Morgan fingerprint density at radius 1 is 1.26 bits per heavy atom. The maximum Gasteiger partial charge on any atom is 0.231 e. The number of ketones is 1. The minimum atomic E-state index is -0.348. The molecule has 0 spiro atoms. The standard InChI is InChI=1S/C18H15NO4/c1-8-11(20)3-2-10-13(8)15-14-9(4-5-19-16(14)17(10)21)6-12-18(15)23-7-22-12/h2-3,6,16,19-20H,4-5,7H2,1H3/t16-/m1/s1. The topological polar surface area (TPSA) is 67.8 Å². The van der Waals surface area contributed by atoms with Gasteiger partial charge in [0.15, 0.2) is 17.3 Å². The number of fused-ring (bicyclic) bond motifs is 4. The zero-order chi connectivity index (χ0) is 15.7. The molecule has 0 radical (unpaired) electrons. The Balaban J connectivity index is 1.96. The van der Waals surface area contributed by atoms with Crippen molar-refractivity contribution in [3.63, 3.8) is 0 Å². The molecule has 0 bridgehead atoms. The van der Waals surface area contributed by atoms with E-state index in [2.05, 4.69) is 5.32 Å². The van der Waals surface area contributed by atoms with E-state index in [-0.39, 0.29) is 24.4 Å². The second-order valence-corrected chi connectivity index (χ2v) is 6.19. The zero-order valence-corrected chi connectivity index (χ0v) is 12.6. The van der Waals surface area contributed by atoms with Crippen LogP contribution in [0.3, 0.4) is 0 Å². The van der Waals surface area contributed by atoms with Crippen molar-refractivity contribution in [2.45, 2.75) is 19.4 Å². The molecule has 2 N–H and O–H groups in total. The molecule has 5 heteroatoms. The minimum absolute atomic E-state index is 0.0513. The quantitative estimate of drug-likeness (QED) is 0.782. The molecule has 3 aliphatic rings. The second-order valence-electron chi connectivity index (χ2n) is 6.19. The summed E-state index contributed by atoms with van der Waals surface area (Å²) in [6, 6.07) is 4.93. The van der Waals surface area contributed by atoms with Crippen LogP contribution in [0.5, 0.6) is 17.2 Å². The van der Waals surface area contributed by atoms with E-state index in [4.69, 9.17) is 9.47 Å². The third kappa shape index (κ3) is 1.52. The number of carbonyl (C=O) groups is 1. The van der Waals surface area contributed by atoms with Gasteiger partial charge in [0.05, 0.1) is 6.04 Å². The van der Waals surface area contributed by atoms with E-state index in [0.717, 1.165) is 41.0 Å². The van der Waals surface area contributed by atoms with Crippen LogP contribution in [-0.4, -0.2) is 24.2 Å². The van der Waals surface area contributed by atoms with Crippen LogP contribution in [-0.2, 0) is 6.42 Å². The van der Waals surface area contributed by atoms with Gasteiger partial charge in [-0.1, -0.05) is 0 Å². The highest BCUT2D eigenvalue weighted by Gasteiger charge is 2.40. The van der Waals surface area contributed by atoms with Crippen molar-refractivity contribution in [1.29, 1.82) is 0 Å². The summed E-state index contributed by atoms with van der Waals surface area (Å²) < 4.78 is 11.3. The van der Waals surface area contributed by atoms with Gasteiger partial charge in [-0.25, -0.2) is 0 Å². The maximum atomic E-state index is 12.9. The number of phenols is 1. The van der Waals surface area contributed by atoms with Crippen LogP contribution in [0.2, 0.25) is 0 Å². The smallest absolute Gasteiger partial charge is 0.231 e. The average Bonchev–Trinajstić information content (AvgIpc) is 3.02. The number of hydrogen-bond acceptors (Lipinski definition) is 5. The molecular formula is C18H15NO4. The van der Waals surface area contributed by atoms with Crippen molar-refractivity contribution in [2.24, 2.45) is 0 Å². The van der Waals surface area contributed by atoms with E-state index < -0.39 is 0 Å². The van der Waals surface area contributed by atoms with Gasteiger partial charge in [-0.05, 0) is 48.2 Å². The molecule has 116 valence electrons. The Morgan fingerprint density at radius 2 is 2.13 bits per heavy atom. The first-order valence-electron chi connectivity index (χ1n) is 7.72. The number of ether oxygens (including phenoxy) is 2. The van der Waals surface area contributed by atoms with Crippen molar-refractivity contribution in [3.05, 3.63) is 40.5 Å². The van der Waals surface area contributed by atoms with E-state index >= 15 is 0 Å². The molecular weight excluding hydrogens is 294 g/mol. The van der Waals surface area contributed by atoms with Crippen molar-refractivity contribution in [2.75, 3.05) is 13.3 Å². The lowest BCUT2D eigenvalue weighted by Crippen LogP contribution is -2.38. The minimum Gasteiger partial charge on any atom is -0.508 e. The summed E-state index contributed by atoms with van der Waals surface area (Å²) in [5, 5.41) is 13.5. The fraction of sp³-hybridized carbons (Fsp3) is 0.278. The van der Waals surface area contributed by atoms with Gasteiger partial charge in [0.1, 0.15) is 5.75 Å². The van der Waals surface area contributed by atoms with E-state index in [0.29, 0.717) is 16.9 Å². The molecule has 0 aromatic heterocycles. The number of nitrogens with one attached hydrogen (secondary N) is 1. The summed E-state index contributed by atoms with van der Waals surface area (Å²) in [4.78, 5) is 12.9. The van der Waals surface area contributed by atoms with Crippen molar-refractivity contribution < 1.29 is 19.4 Å². The predicted octanol–water partition coefficient (Wildman–Crippen LogP) is 2.48. The van der Waals surface area contributed by atoms with E-state index in [9.17, 15) is 9.90 Å². The molecule has 23 heavy (non-hydrogen) atoms. The lowest BCUT2D eigenvalue weighted by molar-refractivity contribution is 0.0937. The van der Waals surface area contributed by atoms with E-state index in [1.165, 1.54) is 0 Å². The lowest BCUT2D eigenvalue weighted by Gasteiger charge is -2.34. The zero-order valence-electron chi connectivity index (χ0n) is 12.6. The number of phenolic OH excluding ortho intramolecular Hbond substituents is 1. The van der Waals surface area contributed by atoms with Crippen LogP contribution in [0.1, 0.15) is 33.1 Å². The fourth-order valence-electron chi connectivity index (χ4n) is 3.96. The SMILES string of the molecule is Cc1c(O)ccc2c1-c1c3c(cc4c1[C@@H](NCC4)C2=O)OCO3. The van der Waals surface area contributed by atoms with Crippen LogP contribution < -0.4 is 14.8 Å². The fourth-order valence-corrected chi connectivity index (χ4v) is 3.96. The second kappa shape index (κ2) is 4.26. The van der Waals surface area contributed by atoms with Gasteiger partial charge >= 0.3 is 0 Å². The van der Waals surface area contributed by atoms with Gasteiger partial charge in [0, 0.05) is 23.2 Å². The van der Waals surface area contributed by atoms with Crippen LogP contribution in [0.15, 0.2) is 18.2 Å². The van der Waals surface area contributed by atoms with Crippen LogP contribution in [0.4, 0.5) is 0 Å². The Morgan fingerprint density at radius 3 is 3.00 bits per heavy atom. The number of Topliss-reactive ketones (excluding diaryl/α,β-unsaturated/α-hetero) is 1. The number of hydrogen-bond donors (Lipinski definition) is 2. The Kier molecular flexibility index (Phi) is 2.40. The van der Waals surface area contributed by atoms with Crippen LogP contribution >= 0.6 is 0 Å². The maximum absolute atomic E-state index is 12.9. The van der Waals surface area contributed by atoms with E-state index in [1.54, 1.807) is 12.1 Å². The summed E-state index contributed by atoms with van der Waals surface area (Å²) in [5.74, 6) is 1.64. The summed E-state index contributed by atoms with van der Waals surface area (Å²) in [6.45, 7) is 2.78. The molecule has 1 atom stereocenters. The highest BCUT2D eigenvalue weighted by Crippen LogP contribution is 2.53. The molecule has 0 unspecified atom stereocenters. The highest BCUT2D eigenvalue weighted by atomic mass is 16.7. The molecule has 2 heterocycles. The normalized spacial score (nSPS) is 20.2. The highest BCUT2D eigenvalue weighted by molar-refractivity contribution is 6.12. The molecule has 5 rings (SSSR count). The van der Waals surface area contributed by atoms with Gasteiger partial charge < -0.3 is 19.9 Å². The number of benzene rings is 2. The van der Waals surface area contributed by atoms with Gasteiger partial charge in [-0.15, -0.1) is 0 Å². The molecule has 2 aromatic carbocycles. The summed E-state index contributed by atoms with van der Waals surface area (Å²) in [6.07, 6.45) is 0.843. The van der Waals surface area contributed by atoms with Gasteiger partial charge in [-0.3, -0.25) is 4.79 Å². The first-order valence-corrected chi connectivity index (χ1v) is 7.72.